The predicted octanol–water partition coefficient (Wildman–Crippen LogP) is 2.67. The van der Waals surface area contributed by atoms with Crippen molar-refractivity contribution in [2.45, 2.75) is 18.3 Å². The monoisotopic (exact) mass is 314 g/mol. The third-order valence-electron chi connectivity index (χ3n) is 3.31. The van der Waals surface area contributed by atoms with Crippen molar-refractivity contribution >= 4 is 21.9 Å². The van der Waals surface area contributed by atoms with E-state index in [4.69, 9.17) is 14.2 Å². The fourth-order valence-electron chi connectivity index (χ4n) is 2.12. The Morgan fingerprint density at radius 2 is 1.72 bits per heavy atom. The molecule has 4 nitrogen and oxygen atoms in total. The van der Waals surface area contributed by atoms with Crippen LogP contribution < -0.4 is 9.47 Å². The van der Waals surface area contributed by atoms with Gasteiger partial charge in [-0.25, -0.2) is 0 Å². The number of carbonyl (C=O) groups is 1. The summed E-state index contributed by atoms with van der Waals surface area (Å²) in [6.45, 7) is 0. The van der Waals surface area contributed by atoms with E-state index in [2.05, 4.69) is 15.9 Å². The Kier molecular flexibility index (Phi) is 3.52. The summed E-state index contributed by atoms with van der Waals surface area (Å²) in [4.78, 5) is 11.9. The maximum atomic E-state index is 11.9. The summed E-state index contributed by atoms with van der Waals surface area (Å²) in [7, 11) is 4.57. The van der Waals surface area contributed by atoms with Crippen molar-refractivity contribution in [3.8, 4) is 11.5 Å². The van der Waals surface area contributed by atoms with E-state index >= 15 is 0 Å². The largest absolute Gasteiger partial charge is 0.493 e. The second-order valence-corrected chi connectivity index (χ2v) is 5.12. The second-order valence-electron chi connectivity index (χ2n) is 4.26. The Labute approximate surface area is 114 Å². The van der Waals surface area contributed by atoms with E-state index in [1.54, 1.807) is 14.2 Å². The van der Waals surface area contributed by atoms with Crippen molar-refractivity contribution in [1.82, 2.24) is 0 Å². The lowest BCUT2D eigenvalue weighted by Crippen LogP contribution is -2.22. The zero-order valence-electron chi connectivity index (χ0n) is 10.6. The van der Waals surface area contributed by atoms with Crippen LogP contribution in [0.15, 0.2) is 16.6 Å². The number of rotatable bonds is 4. The van der Waals surface area contributed by atoms with Gasteiger partial charge in [-0.15, -0.1) is 0 Å². The first-order valence-corrected chi connectivity index (χ1v) is 6.39. The van der Waals surface area contributed by atoms with Crippen molar-refractivity contribution in [3.05, 3.63) is 22.2 Å². The van der Waals surface area contributed by atoms with Crippen LogP contribution in [0.25, 0.3) is 0 Å². The molecule has 0 unspecified atom stereocenters. The Morgan fingerprint density at radius 1 is 1.17 bits per heavy atom. The molecule has 0 atom stereocenters. The highest BCUT2D eigenvalue weighted by molar-refractivity contribution is 9.10. The van der Waals surface area contributed by atoms with Gasteiger partial charge in [-0.1, -0.05) is 15.9 Å². The van der Waals surface area contributed by atoms with E-state index in [1.807, 2.05) is 12.1 Å². The Balaban J connectivity index is 2.49. The van der Waals surface area contributed by atoms with E-state index in [0.717, 1.165) is 22.9 Å². The van der Waals surface area contributed by atoms with Gasteiger partial charge in [-0.05, 0) is 30.5 Å². The molecule has 2 rings (SSSR count). The average molecular weight is 315 g/mol. The molecule has 1 aliphatic carbocycles. The van der Waals surface area contributed by atoms with E-state index < -0.39 is 5.41 Å². The third-order valence-corrected chi connectivity index (χ3v) is 3.97. The van der Waals surface area contributed by atoms with Gasteiger partial charge in [-0.3, -0.25) is 4.79 Å². The second kappa shape index (κ2) is 4.80. The van der Waals surface area contributed by atoms with Crippen molar-refractivity contribution in [2.24, 2.45) is 0 Å². The van der Waals surface area contributed by atoms with Crippen LogP contribution in [0.1, 0.15) is 18.4 Å². The van der Waals surface area contributed by atoms with Crippen LogP contribution in [0, 0.1) is 0 Å². The Morgan fingerprint density at radius 3 is 2.17 bits per heavy atom. The molecule has 18 heavy (non-hydrogen) atoms. The van der Waals surface area contributed by atoms with Crippen LogP contribution in [-0.2, 0) is 14.9 Å². The molecule has 1 aliphatic rings. The zero-order chi connectivity index (χ0) is 13.3. The number of ether oxygens (including phenoxy) is 3. The number of carbonyl (C=O) groups excluding carboxylic acids is 1. The lowest BCUT2D eigenvalue weighted by atomic mass is 9.95. The van der Waals surface area contributed by atoms with Gasteiger partial charge >= 0.3 is 5.97 Å². The maximum Gasteiger partial charge on any atom is 0.316 e. The fraction of sp³-hybridized carbons (Fsp3) is 0.462. The van der Waals surface area contributed by atoms with Gasteiger partial charge < -0.3 is 14.2 Å². The van der Waals surface area contributed by atoms with E-state index in [9.17, 15) is 4.79 Å². The van der Waals surface area contributed by atoms with Gasteiger partial charge in [0.25, 0.3) is 0 Å². The van der Waals surface area contributed by atoms with Crippen molar-refractivity contribution in [2.75, 3.05) is 21.3 Å². The summed E-state index contributed by atoms with van der Waals surface area (Å²) >= 11 is 3.48. The zero-order valence-corrected chi connectivity index (χ0v) is 12.2. The summed E-state index contributed by atoms with van der Waals surface area (Å²) in [5, 5.41) is 0. The summed E-state index contributed by atoms with van der Waals surface area (Å²) in [6.07, 6.45) is 1.60. The van der Waals surface area contributed by atoms with Crippen LogP contribution in [0.2, 0.25) is 0 Å². The van der Waals surface area contributed by atoms with Crippen LogP contribution in [0.4, 0.5) is 0 Å². The number of methoxy groups -OCH3 is 3. The van der Waals surface area contributed by atoms with E-state index in [-0.39, 0.29) is 5.97 Å². The molecule has 0 amide bonds. The average Bonchev–Trinajstić information content (AvgIpc) is 3.18. The number of halogens is 1. The van der Waals surface area contributed by atoms with E-state index in [0.29, 0.717) is 11.5 Å². The van der Waals surface area contributed by atoms with Gasteiger partial charge in [0.2, 0.25) is 0 Å². The third kappa shape index (κ3) is 1.96. The highest BCUT2D eigenvalue weighted by Gasteiger charge is 2.53. The van der Waals surface area contributed by atoms with E-state index in [1.165, 1.54) is 7.11 Å². The Hall–Kier alpha value is -1.23. The molecule has 0 saturated heterocycles. The smallest absolute Gasteiger partial charge is 0.316 e. The lowest BCUT2D eigenvalue weighted by molar-refractivity contribution is -0.143. The summed E-state index contributed by atoms with van der Waals surface area (Å²) in [5.74, 6) is 1.05. The van der Waals surface area contributed by atoms with Gasteiger partial charge in [0, 0.05) is 4.47 Å². The van der Waals surface area contributed by atoms with Crippen molar-refractivity contribution < 1.29 is 19.0 Å². The minimum atomic E-state index is -0.521. The maximum absolute atomic E-state index is 11.9. The predicted molar refractivity (Wildman–Crippen MR) is 70.2 cm³/mol. The Bertz CT molecular complexity index is 480. The fourth-order valence-corrected chi connectivity index (χ4v) is 2.83. The van der Waals surface area contributed by atoms with Gasteiger partial charge in [0.05, 0.1) is 26.7 Å². The molecular weight excluding hydrogens is 300 g/mol. The summed E-state index contributed by atoms with van der Waals surface area (Å²) in [6, 6.07) is 3.66. The topological polar surface area (TPSA) is 44.8 Å². The molecule has 1 fully saturated rings. The van der Waals surface area contributed by atoms with Crippen LogP contribution in [0.5, 0.6) is 11.5 Å². The minimum absolute atomic E-state index is 0.199. The molecule has 1 aromatic carbocycles. The molecule has 0 bridgehead atoms. The molecule has 5 heteroatoms. The molecule has 0 N–H and O–H groups in total. The molecule has 0 radical (unpaired) electrons. The number of hydrogen-bond donors (Lipinski definition) is 0. The van der Waals surface area contributed by atoms with Crippen LogP contribution >= 0.6 is 15.9 Å². The SMILES string of the molecule is COC(=O)C1(c2cc(OC)c(OC)cc2Br)CC1. The highest BCUT2D eigenvalue weighted by atomic mass is 79.9. The molecule has 0 spiro atoms. The first-order valence-electron chi connectivity index (χ1n) is 5.59. The number of benzene rings is 1. The number of esters is 1. The van der Waals surface area contributed by atoms with Crippen LogP contribution in [-0.4, -0.2) is 27.3 Å². The molecule has 1 saturated carbocycles. The molecule has 98 valence electrons. The standard InChI is InChI=1S/C13H15BrO4/c1-16-10-6-8(9(14)7-11(10)17-2)13(4-5-13)12(15)18-3/h6-7H,4-5H2,1-3H3. The normalized spacial score (nSPS) is 16.0. The summed E-state index contributed by atoms with van der Waals surface area (Å²) in [5.41, 5.74) is 0.375. The quantitative estimate of drug-likeness (QED) is 0.801. The number of hydrogen-bond acceptors (Lipinski definition) is 4. The summed E-state index contributed by atoms with van der Waals surface area (Å²) < 4.78 is 16.2. The van der Waals surface area contributed by atoms with Gasteiger partial charge in [0.15, 0.2) is 11.5 Å². The minimum Gasteiger partial charge on any atom is -0.493 e. The van der Waals surface area contributed by atoms with Crippen molar-refractivity contribution in [3.63, 3.8) is 0 Å². The lowest BCUT2D eigenvalue weighted by Gasteiger charge is -2.17. The van der Waals surface area contributed by atoms with Crippen molar-refractivity contribution in [1.29, 1.82) is 0 Å². The molecule has 1 aromatic rings. The molecule has 0 aromatic heterocycles. The van der Waals surface area contributed by atoms with Gasteiger partial charge in [-0.2, -0.15) is 0 Å². The first kappa shape index (κ1) is 13.2. The molecule has 0 aliphatic heterocycles. The highest BCUT2D eigenvalue weighted by Crippen LogP contribution is 2.53. The molecule has 0 heterocycles. The van der Waals surface area contributed by atoms with Gasteiger partial charge in [0.1, 0.15) is 0 Å². The van der Waals surface area contributed by atoms with Crippen LogP contribution in [0.3, 0.4) is 0 Å². The molecular formula is C13H15BrO4. The first-order chi connectivity index (χ1) is 8.58.